The molecule has 2 N–H and O–H groups in total. The molecule has 1 heterocycles. The molecule has 96 valence electrons. The van der Waals surface area contributed by atoms with Crippen LogP contribution in [0.15, 0.2) is 41.8 Å². The number of hydrogen-bond donors (Lipinski definition) is 2. The number of carbonyl (C=O) groups is 1. The van der Waals surface area contributed by atoms with Gasteiger partial charge in [0.25, 0.3) is 0 Å². The molecule has 0 saturated heterocycles. The van der Waals surface area contributed by atoms with E-state index >= 15 is 0 Å². The zero-order chi connectivity index (χ0) is 13.7. The molecule has 0 aliphatic carbocycles. The van der Waals surface area contributed by atoms with E-state index in [4.69, 9.17) is 5.26 Å². The third-order valence-corrected chi connectivity index (χ3v) is 3.62. The highest BCUT2D eigenvalue weighted by molar-refractivity contribution is 7.10. The van der Waals surface area contributed by atoms with Crippen LogP contribution in [0.1, 0.15) is 23.4 Å². The Labute approximate surface area is 115 Å². The molecule has 2 aromatic rings. The Hall–Kier alpha value is -2.32. The number of nitrogens with one attached hydrogen (secondary N) is 2. The summed E-state index contributed by atoms with van der Waals surface area (Å²) < 4.78 is 0. The molecule has 4 nitrogen and oxygen atoms in total. The van der Waals surface area contributed by atoms with Crippen molar-refractivity contribution in [2.24, 2.45) is 0 Å². The van der Waals surface area contributed by atoms with Crippen molar-refractivity contribution in [2.75, 3.05) is 5.32 Å². The second-order valence-corrected chi connectivity index (χ2v) is 5.01. The standard InChI is InChI=1S/C14H13N3OS/c1-10(13-6-3-7-19-13)16-14(18)17-12-5-2-4-11(8-12)9-15/h2-8,10H,1H3,(H2,16,17,18). The quantitative estimate of drug-likeness (QED) is 0.897. The predicted molar refractivity (Wildman–Crippen MR) is 76.0 cm³/mol. The average molecular weight is 271 g/mol. The van der Waals surface area contributed by atoms with Crippen LogP contribution in [0.5, 0.6) is 0 Å². The van der Waals surface area contributed by atoms with Gasteiger partial charge in [-0.1, -0.05) is 12.1 Å². The molecule has 0 fully saturated rings. The molecule has 19 heavy (non-hydrogen) atoms. The maximum Gasteiger partial charge on any atom is 0.319 e. The van der Waals surface area contributed by atoms with Gasteiger partial charge in [0, 0.05) is 10.6 Å². The Kier molecular flexibility index (Phi) is 4.16. The van der Waals surface area contributed by atoms with Crippen LogP contribution in [0, 0.1) is 11.3 Å². The van der Waals surface area contributed by atoms with Crippen LogP contribution in [0.4, 0.5) is 10.5 Å². The van der Waals surface area contributed by atoms with E-state index in [9.17, 15) is 4.79 Å². The number of urea groups is 1. The zero-order valence-corrected chi connectivity index (χ0v) is 11.2. The minimum Gasteiger partial charge on any atom is -0.331 e. The number of anilines is 1. The van der Waals surface area contributed by atoms with Crippen molar-refractivity contribution in [2.45, 2.75) is 13.0 Å². The van der Waals surface area contributed by atoms with Gasteiger partial charge in [-0.3, -0.25) is 0 Å². The summed E-state index contributed by atoms with van der Waals surface area (Å²) in [5.41, 5.74) is 1.12. The minimum atomic E-state index is -0.281. The molecule has 0 bridgehead atoms. The Morgan fingerprint density at radius 2 is 2.21 bits per heavy atom. The van der Waals surface area contributed by atoms with Gasteiger partial charge in [0.05, 0.1) is 17.7 Å². The van der Waals surface area contributed by atoms with Crippen LogP contribution in [0.3, 0.4) is 0 Å². The molecule has 5 heteroatoms. The van der Waals surface area contributed by atoms with Crippen molar-refractivity contribution in [3.05, 3.63) is 52.2 Å². The summed E-state index contributed by atoms with van der Waals surface area (Å²) in [6.45, 7) is 1.93. The average Bonchev–Trinajstić information content (AvgIpc) is 2.92. The Morgan fingerprint density at radius 3 is 2.89 bits per heavy atom. The number of rotatable bonds is 3. The lowest BCUT2D eigenvalue weighted by atomic mass is 10.2. The molecule has 1 aromatic heterocycles. The van der Waals surface area contributed by atoms with Gasteiger partial charge in [0.15, 0.2) is 0 Å². The third-order valence-electron chi connectivity index (χ3n) is 2.57. The Balaban J connectivity index is 1.96. The highest BCUT2D eigenvalue weighted by Crippen LogP contribution is 2.18. The van der Waals surface area contributed by atoms with Crippen LogP contribution in [-0.4, -0.2) is 6.03 Å². The van der Waals surface area contributed by atoms with E-state index in [0.29, 0.717) is 11.3 Å². The number of amides is 2. The van der Waals surface area contributed by atoms with E-state index in [-0.39, 0.29) is 12.1 Å². The van der Waals surface area contributed by atoms with Gasteiger partial charge in [-0.25, -0.2) is 4.79 Å². The van der Waals surface area contributed by atoms with Crippen molar-refractivity contribution >= 4 is 23.1 Å². The van der Waals surface area contributed by atoms with E-state index in [1.165, 1.54) is 0 Å². The van der Waals surface area contributed by atoms with Gasteiger partial charge in [0.1, 0.15) is 0 Å². The number of carbonyl (C=O) groups excluding carboxylic acids is 1. The summed E-state index contributed by atoms with van der Waals surface area (Å²) in [6, 6.07) is 12.4. The summed E-state index contributed by atoms with van der Waals surface area (Å²) >= 11 is 1.60. The second kappa shape index (κ2) is 6.03. The molecule has 1 aromatic carbocycles. The van der Waals surface area contributed by atoms with Crippen molar-refractivity contribution < 1.29 is 4.79 Å². The molecular weight excluding hydrogens is 258 g/mol. The lowest BCUT2D eigenvalue weighted by molar-refractivity contribution is 0.249. The summed E-state index contributed by atoms with van der Waals surface area (Å²) in [7, 11) is 0. The number of hydrogen-bond acceptors (Lipinski definition) is 3. The first-order valence-electron chi connectivity index (χ1n) is 5.80. The van der Waals surface area contributed by atoms with Gasteiger partial charge in [-0.15, -0.1) is 11.3 Å². The first kappa shape index (κ1) is 13.1. The molecule has 0 radical (unpaired) electrons. The number of nitrogens with zero attached hydrogens (tertiary/aromatic N) is 1. The molecule has 0 saturated carbocycles. The Morgan fingerprint density at radius 1 is 1.37 bits per heavy atom. The van der Waals surface area contributed by atoms with E-state index in [0.717, 1.165) is 4.88 Å². The molecule has 0 spiro atoms. The molecule has 2 amide bonds. The number of benzene rings is 1. The summed E-state index contributed by atoms with van der Waals surface area (Å²) in [5.74, 6) is 0. The fourth-order valence-electron chi connectivity index (χ4n) is 1.64. The molecular formula is C14H13N3OS. The second-order valence-electron chi connectivity index (χ2n) is 4.03. The SMILES string of the molecule is CC(NC(=O)Nc1cccc(C#N)c1)c1cccs1. The lowest BCUT2D eigenvalue weighted by Gasteiger charge is -2.13. The number of nitriles is 1. The smallest absolute Gasteiger partial charge is 0.319 e. The van der Waals surface area contributed by atoms with Crippen LogP contribution >= 0.6 is 11.3 Å². The maximum absolute atomic E-state index is 11.8. The van der Waals surface area contributed by atoms with Crippen LogP contribution in [-0.2, 0) is 0 Å². The van der Waals surface area contributed by atoms with Gasteiger partial charge in [0.2, 0.25) is 0 Å². The lowest BCUT2D eigenvalue weighted by Crippen LogP contribution is -2.30. The van der Waals surface area contributed by atoms with Crippen molar-refractivity contribution in [3.8, 4) is 6.07 Å². The molecule has 1 unspecified atom stereocenters. The fraction of sp³-hybridized carbons (Fsp3) is 0.143. The maximum atomic E-state index is 11.8. The van der Waals surface area contributed by atoms with Crippen LogP contribution in [0.2, 0.25) is 0 Å². The van der Waals surface area contributed by atoms with E-state index in [1.807, 2.05) is 30.5 Å². The normalized spacial score (nSPS) is 11.4. The topological polar surface area (TPSA) is 64.9 Å². The Bertz CT molecular complexity index is 601. The number of thiophene rings is 1. The monoisotopic (exact) mass is 271 g/mol. The summed E-state index contributed by atoms with van der Waals surface area (Å²) in [6.07, 6.45) is 0. The van der Waals surface area contributed by atoms with Gasteiger partial charge in [-0.05, 0) is 36.6 Å². The van der Waals surface area contributed by atoms with Crippen LogP contribution < -0.4 is 10.6 Å². The van der Waals surface area contributed by atoms with Gasteiger partial charge >= 0.3 is 6.03 Å². The highest BCUT2D eigenvalue weighted by atomic mass is 32.1. The molecule has 2 rings (SSSR count). The zero-order valence-electron chi connectivity index (χ0n) is 10.4. The van der Waals surface area contributed by atoms with E-state index in [1.54, 1.807) is 35.6 Å². The van der Waals surface area contributed by atoms with Crippen molar-refractivity contribution in [1.29, 1.82) is 5.26 Å². The van der Waals surface area contributed by atoms with Gasteiger partial charge < -0.3 is 10.6 Å². The van der Waals surface area contributed by atoms with Gasteiger partial charge in [-0.2, -0.15) is 5.26 Å². The summed E-state index contributed by atoms with van der Waals surface area (Å²) in [5, 5.41) is 16.3. The third kappa shape index (κ3) is 3.57. The first-order valence-corrected chi connectivity index (χ1v) is 6.68. The predicted octanol–water partition coefficient (Wildman–Crippen LogP) is 3.50. The fourth-order valence-corrected chi connectivity index (χ4v) is 2.37. The largest absolute Gasteiger partial charge is 0.331 e. The van der Waals surface area contributed by atoms with Crippen molar-refractivity contribution in [3.63, 3.8) is 0 Å². The molecule has 1 atom stereocenters. The summed E-state index contributed by atoms with van der Waals surface area (Å²) in [4.78, 5) is 12.9. The van der Waals surface area contributed by atoms with Crippen molar-refractivity contribution in [1.82, 2.24) is 5.32 Å². The molecule has 0 aliphatic rings. The van der Waals surface area contributed by atoms with E-state index in [2.05, 4.69) is 10.6 Å². The highest BCUT2D eigenvalue weighted by Gasteiger charge is 2.10. The van der Waals surface area contributed by atoms with E-state index < -0.39 is 0 Å². The minimum absolute atomic E-state index is 0.0425. The van der Waals surface area contributed by atoms with Crippen LogP contribution in [0.25, 0.3) is 0 Å². The molecule has 0 aliphatic heterocycles. The first-order chi connectivity index (χ1) is 9.19.